The zero-order chi connectivity index (χ0) is 15.3. The summed E-state index contributed by atoms with van der Waals surface area (Å²) in [7, 11) is -0.359. The van der Waals surface area contributed by atoms with E-state index in [2.05, 4.69) is 5.10 Å². The van der Waals surface area contributed by atoms with Crippen molar-refractivity contribution in [2.75, 3.05) is 33.2 Å². The molecule has 0 bridgehead atoms. The molecule has 0 atom stereocenters. The molecule has 0 spiro atoms. The molecule has 1 aromatic heterocycles. The van der Waals surface area contributed by atoms with Crippen LogP contribution in [0.2, 0.25) is 0 Å². The van der Waals surface area contributed by atoms with E-state index in [1.807, 2.05) is 0 Å². The third-order valence-electron chi connectivity index (χ3n) is 3.10. The van der Waals surface area contributed by atoms with Crippen molar-refractivity contribution in [1.29, 1.82) is 0 Å². The summed E-state index contributed by atoms with van der Waals surface area (Å²) < 4.78 is 33.1. The van der Waals surface area contributed by atoms with Crippen molar-refractivity contribution in [3.8, 4) is 0 Å². The molecule has 0 amide bonds. The average molecular weight is 324 g/mol. The molecule has 1 rings (SSSR count). The average Bonchev–Trinajstić information content (AvgIpc) is 2.65. The zero-order valence-electron chi connectivity index (χ0n) is 12.4. The highest BCUT2D eigenvalue weighted by Crippen LogP contribution is 2.22. The number of ether oxygens (including phenoxy) is 1. The molecule has 0 fully saturated rings. The Balaban J connectivity index is 3.03. The predicted molar refractivity (Wildman–Crippen MR) is 78.7 cm³/mol. The van der Waals surface area contributed by atoms with Gasteiger partial charge in [-0.15, -0.1) is 11.6 Å². The largest absolute Gasteiger partial charge is 0.385 e. The third kappa shape index (κ3) is 3.72. The van der Waals surface area contributed by atoms with Gasteiger partial charge in [0.05, 0.1) is 17.9 Å². The van der Waals surface area contributed by atoms with Crippen LogP contribution in [-0.2, 0) is 21.3 Å². The number of alkyl halides is 1. The van der Waals surface area contributed by atoms with Gasteiger partial charge in [0.2, 0.25) is 10.0 Å². The molecule has 0 aliphatic carbocycles. The Morgan fingerprint density at radius 3 is 2.60 bits per heavy atom. The van der Waals surface area contributed by atoms with Crippen molar-refractivity contribution in [3.63, 3.8) is 0 Å². The Morgan fingerprint density at radius 1 is 1.40 bits per heavy atom. The highest BCUT2D eigenvalue weighted by molar-refractivity contribution is 7.89. The summed E-state index contributed by atoms with van der Waals surface area (Å²) in [5, 5.41) is 4.25. The number of methoxy groups -OCH3 is 1. The zero-order valence-corrected chi connectivity index (χ0v) is 14.0. The fraction of sp³-hybridized carbons (Fsp3) is 0.750. The van der Waals surface area contributed by atoms with Crippen molar-refractivity contribution < 1.29 is 13.2 Å². The second-order valence-electron chi connectivity index (χ2n) is 4.58. The van der Waals surface area contributed by atoms with Crippen LogP contribution in [0.1, 0.15) is 17.8 Å². The van der Waals surface area contributed by atoms with E-state index in [-0.39, 0.29) is 4.90 Å². The van der Waals surface area contributed by atoms with E-state index in [9.17, 15) is 8.42 Å². The van der Waals surface area contributed by atoms with Crippen LogP contribution in [0.15, 0.2) is 4.90 Å². The first-order chi connectivity index (χ1) is 9.36. The second kappa shape index (κ2) is 7.40. The standard InChI is InChI=1S/C12H22ClN3O3S/c1-10-12(11(2)16(14-10)8-6-13)20(17,18)15(3)7-5-9-19-4/h5-9H2,1-4H3. The molecule has 0 radical (unpaired) electrons. The Hall–Kier alpha value is -0.630. The number of aryl methyl sites for hydroxylation is 2. The number of nitrogens with zero attached hydrogens (tertiary/aromatic N) is 3. The van der Waals surface area contributed by atoms with E-state index >= 15 is 0 Å². The van der Waals surface area contributed by atoms with Gasteiger partial charge < -0.3 is 4.74 Å². The third-order valence-corrected chi connectivity index (χ3v) is 5.38. The number of hydrogen-bond acceptors (Lipinski definition) is 4. The molecule has 1 aromatic rings. The summed E-state index contributed by atoms with van der Waals surface area (Å²) in [6.45, 7) is 4.90. The smallest absolute Gasteiger partial charge is 0.246 e. The first kappa shape index (κ1) is 17.4. The summed E-state index contributed by atoms with van der Waals surface area (Å²) in [6.07, 6.45) is 0.653. The Kier molecular flexibility index (Phi) is 6.44. The summed E-state index contributed by atoms with van der Waals surface area (Å²) in [4.78, 5) is 0.280. The monoisotopic (exact) mass is 323 g/mol. The topological polar surface area (TPSA) is 64.4 Å². The molecule has 0 saturated carbocycles. The minimum Gasteiger partial charge on any atom is -0.385 e. The quantitative estimate of drug-likeness (QED) is 0.536. The number of halogens is 1. The van der Waals surface area contributed by atoms with Crippen LogP contribution >= 0.6 is 11.6 Å². The molecule has 0 saturated heterocycles. The van der Waals surface area contributed by atoms with Crippen LogP contribution < -0.4 is 0 Å². The Bertz CT molecular complexity index is 542. The molecule has 0 aromatic carbocycles. The van der Waals surface area contributed by atoms with Gasteiger partial charge in [0.25, 0.3) is 0 Å². The molecule has 0 aliphatic rings. The molecule has 6 nitrogen and oxygen atoms in total. The van der Waals surface area contributed by atoms with Crippen LogP contribution in [0, 0.1) is 13.8 Å². The van der Waals surface area contributed by atoms with E-state index in [1.54, 1.807) is 32.7 Å². The van der Waals surface area contributed by atoms with Crippen molar-refractivity contribution in [3.05, 3.63) is 11.4 Å². The first-order valence-corrected chi connectivity index (χ1v) is 8.39. The second-order valence-corrected chi connectivity index (χ2v) is 6.94. The normalized spacial score (nSPS) is 12.3. The van der Waals surface area contributed by atoms with Gasteiger partial charge in [0, 0.05) is 33.2 Å². The molecular weight excluding hydrogens is 302 g/mol. The summed E-state index contributed by atoms with van der Waals surface area (Å²) in [5.74, 6) is 0.394. The van der Waals surface area contributed by atoms with Gasteiger partial charge in [-0.2, -0.15) is 5.10 Å². The number of rotatable bonds is 8. The SMILES string of the molecule is COCCCN(C)S(=O)(=O)c1c(C)nn(CCCl)c1C. The Labute approximate surface area is 125 Å². The van der Waals surface area contributed by atoms with E-state index in [4.69, 9.17) is 16.3 Å². The molecule has 116 valence electrons. The lowest BCUT2D eigenvalue weighted by atomic mass is 10.4. The molecule has 0 N–H and O–H groups in total. The van der Waals surface area contributed by atoms with E-state index < -0.39 is 10.0 Å². The van der Waals surface area contributed by atoms with Crippen LogP contribution in [-0.4, -0.2) is 55.7 Å². The van der Waals surface area contributed by atoms with Crippen LogP contribution in [0.5, 0.6) is 0 Å². The molecule has 20 heavy (non-hydrogen) atoms. The lowest BCUT2D eigenvalue weighted by Crippen LogP contribution is -2.29. The van der Waals surface area contributed by atoms with Crippen LogP contribution in [0.3, 0.4) is 0 Å². The fourth-order valence-electron chi connectivity index (χ4n) is 2.06. The van der Waals surface area contributed by atoms with Gasteiger partial charge in [-0.25, -0.2) is 12.7 Å². The summed E-state index contributed by atoms with van der Waals surface area (Å²) in [5.41, 5.74) is 1.13. The highest BCUT2D eigenvalue weighted by atomic mass is 35.5. The van der Waals surface area contributed by atoms with Crippen LogP contribution in [0.4, 0.5) is 0 Å². The lowest BCUT2D eigenvalue weighted by Gasteiger charge is -2.17. The maximum Gasteiger partial charge on any atom is 0.246 e. The van der Waals surface area contributed by atoms with E-state index in [0.717, 1.165) is 0 Å². The predicted octanol–water partition coefficient (Wildman–Crippen LogP) is 1.40. The minimum absolute atomic E-state index is 0.280. The maximum atomic E-state index is 12.6. The summed E-state index contributed by atoms with van der Waals surface area (Å²) in [6, 6.07) is 0. The molecule has 0 unspecified atom stereocenters. The van der Waals surface area contributed by atoms with Crippen molar-refractivity contribution in [2.45, 2.75) is 31.7 Å². The van der Waals surface area contributed by atoms with Crippen molar-refractivity contribution >= 4 is 21.6 Å². The van der Waals surface area contributed by atoms with E-state index in [0.29, 0.717) is 43.4 Å². The van der Waals surface area contributed by atoms with Gasteiger partial charge in [0.1, 0.15) is 4.90 Å². The first-order valence-electron chi connectivity index (χ1n) is 6.41. The number of sulfonamides is 1. The van der Waals surface area contributed by atoms with E-state index in [1.165, 1.54) is 4.31 Å². The fourth-order valence-corrected chi connectivity index (χ4v) is 3.79. The maximum absolute atomic E-state index is 12.6. The van der Waals surface area contributed by atoms with Crippen molar-refractivity contribution in [2.24, 2.45) is 0 Å². The highest BCUT2D eigenvalue weighted by Gasteiger charge is 2.28. The lowest BCUT2D eigenvalue weighted by molar-refractivity contribution is 0.189. The van der Waals surface area contributed by atoms with Gasteiger partial charge in [-0.1, -0.05) is 0 Å². The molecule has 8 heteroatoms. The molecule has 1 heterocycles. The molecule has 0 aliphatic heterocycles. The van der Waals surface area contributed by atoms with Crippen molar-refractivity contribution in [1.82, 2.24) is 14.1 Å². The van der Waals surface area contributed by atoms with Gasteiger partial charge >= 0.3 is 0 Å². The Morgan fingerprint density at radius 2 is 2.05 bits per heavy atom. The number of hydrogen-bond donors (Lipinski definition) is 0. The van der Waals surface area contributed by atoms with Crippen LogP contribution in [0.25, 0.3) is 0 Å². The number of aromatic nitrogens is 2. The molecular formula is C12H22ClN3O3S. The van der Waals surface area contributed by atoms with Gasteiger partial charge in [-0.05, 0) is 20.3 Å². The summed E-state index contributed by atoms with van der Waals surface area (Å²) >= 11 is 5.70. The van der Waals surface area contributed by atoms with Gasteiger partial charge in [0.15, 0.2) is 0 Å². The van der Waals surface area contributed by atoms with Gasteiger partial charge in [-0.3, -0.25) is 4.68 Å². The minimum atomic E-state index is -3.53.